The summed E-state index contributed by atoms with van der Waals surface area (Å²) in [6.07, 6.45) is 0. The zero-order chi connectivity index (χ0) is 13.0. The molecule has 5 heteroatoms. The predicted molar refractivity (Wildman–Crippen MR) is 75.4 cm³/mol. The summed E-state index contributed by atoms with van der Waals surface area (Å²) in [5, 5.41) is 6.83. The molecule has 0 aliphatic carbocycles. The van der Waals surface area contributed by atoms with E-state index in [4.69, 9.17) is 16.3 Å². The number of aryl methyl sites for hydroxylation is 1. The molecule has 0 aliphatic rings. The van der Waals surface area contributed by atoms with E-state index in [2.05, 4.69) is 10.3 Å². The fraction of sp³-hybridized carbons (Fsp3) is 0.308. The zero-order valence-electron chi connectivity index (χ0n) is 10.4. The number of nitrogens with zero attached hydrogens (tertiary/aromatic N) is 1. The number of hydrogen-bond donors (Lipinski definition) is 1. The van der Waals surface area contributed by atoms with E-state index in [0.717, 1.165) is 33.6 Å². The molecule has 2 rings (SSSR count). The van der Waals surface area contributed by atoms with Crippen molar-refractivity contribution in [1.29, 1.82) is 0 Å². The van der Waals surface area contributed by atoms with Crippen LogP contribution in [-0.2, 0) is 13.2 Å². The maximum atomic E-state index is 5.90. The standard InChI is InChI=1S/C13H15ClN2OS/c1-9-5-10(14)3-4-12(9)17-7-13-16-11(6-15-2)8-18-13/h3-5,8,15H,6-7H2,1-2H3. The first kappa shape index (κ1) is 13.3. The third-order valence-electron chi connectivity index (χ3n) is 2.45. The van der Waals surface area contributed by atoms with Gasteiger partial charge in [0.05, 0.1) is 5.69 Å². The van der Waals surface area contributed by atoms with Gasteiger partial charge in [-0.05, 0) is 37.7 Å². The Morgan fingerprint density at radius 3 is 3.00 bits per heavy atom. The second-order valence-electron chi connectivity index (χ2n) is 3.96. The second kappa shape index (κ2) is 6.18. The van der Waals surface area contributed by atoms with Gasteiger partial charge in [0, 0.05) is 16.9 Å². The molecule has 1 N–H and O–H groups in total. The number of halogens is 1. The number of ether oxygens (including phenoxy) is 1. The molecule has 96 valence electrons. The second-order valence-corrected chi connectivity index (χ2v) is 5.34. The van der Waals surface area contributed by atoms with Gasteiger partial charge in [-0.3, -0.25) is 0 Å². The molecule has 3 nitrogen and oxygen atoms in total. The van der Waals surface area contributed by atoms with E-state index in [1.165, 1.54) is 0 Å². The molecule has 0 amide bonds. The SMILES string of the molecule is CNCc1csc(COc2ccc(Cl)cc2C)n1. The fourth-order valence-corrected chi connectivity index (χ4v) is 2.52. The summed E-state index contributed by atoms with van der Waals surface area (Å²) in [5.41, 5.74) is 2.09. The van der Waals surface area contributed by atoms with Crippen molar-refractivity contribution in [2.75, 3.05) is 7.05 Å². The fourth-order valence-electron chi connectivity index (χ4n) is 1.59. The van der Waals surface area contributed by atoms with Crippen LogP contribution < -0.4 is 10.1 Å². The van der Waals surface area contributed by atoms with Crippen molar-refractivity contribution in [1.82, 2.24) is 10.3 Å². The molecule has 0 fully saturated rings. The number of nitrogens with one attached hydrogen (secondary N) is 1. The van der Waals surface area contributed by atoms with Crippen LogP contribution in [0.5, 0.6) is 5.75 Å². The number of rotatable bonds is 5. The maximum Gasteiger partial charge on any atom is 0.140 e. The Morgan fingerprint density at radius 1 is 1.44 bits per heavy atom. The molecule has 1 heterocycles. The average molecular weight is 283 g/mol. The molecular formula is C13H15ClN2OS. The number of thiazole rings is 1. The predicted octanol–water partition coefficient (Wildman–Crippen LogP) is 3.40. The highest BCUT2D eigenvalue weighted by Gasteiger charge is 2.04. The van der Waals surface area contributed by atoms with E-state index in [1.54, 1.807) is 11.3 Å². The third kappa shape index (κ3) is 3.45. The van der Waals surface area contributed by atoms with Crippen LogP contribution in [0.3, 0.4) is 0 Å². The first-order valence-electron chi connectivity index (χ1n) is 5.66. The lowest BCUT2D eigenvalue weighted by Crippen LogP contribution is -2.05. The van der Waals surface area contributed by atoms with Crippen molar-refractivity contribution in [2.24, 2.45) is 0 Å². The Balaban J connectivity index is 1.97. The third-order valence-corrected chi connectivity index (χ3v) is 3.55. The molecule has 0 aliphatic heterocycles. The van der Waals surface area contributed by atoms with E-state index in [0.29, 0.717) is 6.61 Å². The smallest absolute Gasteiger partial charge is 0.140 e. The van der Waals surface area contributed by atoms with Crippen LogP contribution >= 0.6 is 22.9 Å². The molecule has 1 aromatic carbocycles. The Bertz CT molecular complexity index is 527. The van der Waals surface area contributed by atoms with Gasteiger partial charge < -0.3 is 10.1 Å². The minimum atomic E-state index is 0.497. The van der Waals surface area contributed by atoms with E-state index in [9.17, 15) is 0 Å². The van der Waals surface area contributed by atoms with Crippen LogP contribution in [-0.4, -0.2) is 12.0 Å². The number of aromatic nitrogens is 1. The summed E-state index contributed by atoms with van der Waals surface area (Å²) < 4.78 is 5.74. The first-order valence-corrected chi connectivity index (χ1v) is 6.91. The molecule has 1 aromatic heterocycles. The van der Waals surface area contributed by atoms with Gasteiger partial charge in [0.1, 0.15) is 17.4 Å². The van der Waals surface area contributed by atoms with Crippen LogP contribution in [0.25, 0.3) is 0 Å². The molecule has 0 radical (unpaired) electrons. The van der Waals surface area contributed by atoms with Gasteiger partial charge in [0.2, 0.25) is 0 Å². The van der Waals surface area contributed by atoms with Crippen molar-refractivity contribution < 1.29 is 4.74 Å². The highest BCUT2D eigenvalue weighted by atomic mass is 35.5. The lowest BCUT2D eigenvalue weighted by molar-refractivity contribution is 0.303. The van der Waals surface area contributed by atoms with Crippen molar-refractivity contribution in [3.63, 3.8) is 0 Å². The highest BCUT2D eigenvalue weighted by Crippen LogP contribution is 2.23. The van der Waals surface area contributed by atoms with Crippen LogP contribution in [0, 0.1) is 6.92 Å². The van der Waals surface area contributed by atoms with Gasteiger partial charge in [-0.1, -0.05) is 11.6 Å². The quantitative estimate of drug-likeness (QED) is 0.913. The Labute approximate surface area is 116 Å². The van der Waals surface area contributed by atoms with Gasteiger partial charge in [-0.15, -0.1) is 11.3 Å². The Hall–Kier alpha value is -1.10. The molecule has 0 spiro atoms. The zero-order valence-corrected chi connectivity index (χ0v) is 11.9. The van der Waals surface area contributed by atoms with Gasteiger partial charge in [-0.25, -0.2) is 4.98 Å². The van der Waals surface area contributed by atoms with Crippen LogP contribution in [0.2, 0.25) is 5.02 Å². The summed E-state index contributed by atoms with van der Waals surface area (Å²) in [4.78, 5) is 4.47. The Kier molecular flexibility index (Phi) is 4.58. The van der Waals surface area contributed by atoms with Gasteiger partial charge in [0.25, 0.3) is 0 Å². The minimum absolute atomic E-state index is 0.497. The first-order chi connectivity index (χ1) is 8.69. The summed E-state index contributed by atoms with van der Waals surface area (Å²) >= 11 is 7.51. The Morgan fingerprint density at radius 2 is 2.28 bits per heavy atom. The summed E-state index contributed by atoms with van der Waals surface area (Å²) in [7, 11) is 1.91. The summed E-state index contributed by atoms with van der Waals surface area (Å²) in [6, 6.07) is 5.61. The van der Waals surface area contributed by atoms with Crippen molar-refractivity contribution >= 4 is 22.9 Å². The van der Waals surface area contributed by atoms with E-state index < -0.39 is 0 Å². The lowest BCUT2D eigenvalue weighted by atomic mass is 10.2. The van der Waals surface area contributed by atoms with Crippen LogP contribution in [0.15, 0.2) is 23.6 Å². The van der Waals surface area contributed by atoms with Gasteiger partial charge in [-0.2, -0.15) is 0 Å². The molecule has 18 heavy (non-hydrogen) atoms. The molecule has 0 saturated carbocycles. The summed E-state index contributed by atoms with van der Waals surface area (Å²) in [5.74, 6) is 0.852. The average Bonchev–Trinajstić information content (AvgIpc) is 2.76. The van der Waals surface area contributed by atoms with Crippen LogP contribution in [0.1, 0.15) is 16.3 Å². The lowest BCUT2D eigenvalue weighted by Gasteiger charge is -2.07. The van der Waals surface area contributed by atoms with Crippen molar-refractivity contribution in [2.45, 2.75) is 20.1 Å². The molecule has 0 atom stereocenters. The largest absolute Gasteiger partial charge is 0.486 e. The monoisotopic (exact) mass is 282 g/mol. The molecule has 0 bridgehead atoms. The van der Waals surface area contributed by atoms with E-state index >= 15 is 0 Å². The molecule has 2 aromatic rings. The highest BCUT2D eigenvalue weighted by molar-refractivity contribution is 7.09. The van der Waals surface area contributed by atoms with Crippen molar-refractivity contribution in [3.8, 4) is 5.75 Å². The van der Waals surface area contributed by atoms with Gasteiger partial charge in [0.15, 0.2) is 0 Å². The molecule has 0 saturated heterocycles. The van der Waals surface area contributed by atoms with Crippen molar-refractivity contribution in [3.05, 3.63) is 44.9 Å². The summed E-state index contributed by atoms with van der Waals surface area (Å²) in [6.45, 7) is 3.27. The van der Waals surface area contributed by atoms with Crippen LogP contribution in [0.4, 0.5) is 0 Å². The maximum absolute atomic E-state index is 5.90. The minimum Gasteiger partial charge on any atom is -0.486 e. The van der Waals surface area contributed by atoms with E-state index in [1.807, 2.05) is 37.6 Å². The normalized spacial score (nSPS) is 10.6. The number of benzene rings is 1. The van der Waals surface area contributed by atoms with E-state index in [-0.39, 0.29) is 0 Å². The van der Waals surface area contributed by atoms with Gasteiger partial charge >= 0.3 is 0 Å². The topological polar surface area (TPSA) is 34.1 Å². The molecule has 0 unspecified atom stereocenters. The number of hydrogen-bond acceptors (Lipinski definition) is 4. The molecular weight excluding hydrogens is 268 g/mol.